The number of phenols is 1. The number of nitrogens with zero attached hydrogens (tertiary/aromatic N) is 2. The van der Waals surface area contributed by atoms with E-state index < -0.39 is 64.4 Å². The Labute approximate surface area is 249 Å². The predicted octanol–water partition coefficient (Wildman–Crippen LogP) is 1.60. The van der Waals surface area contributed by atoms with Gasteiger partial charge in [0.25, 0.3) is 0 Å². The van der Waals surface area contributed by atoms with Crippen LogP contribution < -0.4 is 5.73 Å². The standard InChI is InChI=1S/C33H35N3O7/c1-35(2)27-22-15-18-14-21-20(17-8-6-16(7-9-17)13-19-5-4-12-36(19)3)10-11-23(37)25(21)28(38)24(18)30(40)33(22,43)31(41)26(29(27)39)32(34)42/h6-11,13,18,22,24,26-27,37,43H,4-5,12,14-15H2,1-3H3,(H2,34,42)/t18-,22-,24?,26?,27+,33-/m0/s1. The maximum Gasteiger partial charge on any atom is 0.235 e. The highest BCUT2D eigenvalue weighted by molar-refractivity contribution is 6.32. The molecule has 0 spiro atoms. The second-order valence-corrected chi connectivity index (χ2v) is 12.6. The van der Waals surface area contributed by atoms with Gasteiger partial charge in [0.2, 0.25) is 5.91 Å². The van der Waals surface area contributed by atoms with Crippen molar-refractivity contribution in [1.82, 2.24) is 9.80 Å². The van der Waals surface area contributed by atoms with Gasteiger partial charge in [-0.1, -0.05) is 30.3 Å². The van der Waals surface area contributed by atoms with Gasteiger partial charge >= 0.3 is 0 Å². The highest BCUT2D eigenvalue weighted by Gasteiger charge is 2.69. The molecule has 3 fully saturated rings. The highest BCUT2D eigenvalue weighted by atomic mass is 16.3. The Bertz CT molecular complexity index is 1610. The fourth-order valence-corrected chi connectivity index (χ4v) is 7.84. The molecule has 6 rings (SSSR count). The lowest BCUT2D eigenvalue weighted by molar-refractivity contribution is -0.181. The number of carbonyl (C=O) groups excluding carboxylic acids is 5. The number of hydrogen-bond acceptors (Lipinski definition) is 9. The van der Waals surface area contributed by atoms with Crippen molar-refractivity contribution < 1.29 is 34.2 Å². The number of aliphatic hydroxyl groups is 1. The van der Waals surface area contributed by atoms with Crippen LogP contribution in [0.25, 0.3) is 17.2 Å². The molecule has 0 aromatic heterocycles. The quantitative estimate of drug-likeness (QED) is 0.453. The number of ketones is 4. The van der Waals surface area contributed by atoms with E-state index >= 15 is 0 Å². The molecule has 0 radical (unpaired) electrons. The van der Waals surface area contributed by atoms with Crippen LogP contribution >= 0.6 is 0 Å². The van der Waals surface area contributed by atoms with E-state index in [0.717, 1.165) is 36.1 Å². The molecule has 2 aromatic rings. The van der Waals surface area contributed by atoms with Gasteiger partial charge in [-0.3, -0.25) is 28.9 Å². The summed E-state index contributed by atoms with van der Waals surface area (Å²) in [6.45, 7) is 1.03. The third-order valence-corrected chi connectivity index (χ3v) is 9.92. The Morgan fingerprint density at radius 3 is 2.37 bits per heavy atom. The summed E-state index contributed by atoms with van der Waals surface area (Å²) in [6, 6.07) is 9.94. The Morgan fingerprint density at radius 2 is 1.77 bits per heavy atom. The first kappa shape index (κ1) is 28.9. The maximum absolute atomic E-state index is 14.0. The number of phenolic OH excluding ortho intramolecular Hbond substituents is 1. The molecule has 1 aliphatic heterocycles. The van der Waals surface area contributed by atoms with Crippen molar-refractivity contribution in [2.24, 2.45) is 29.4 Å². The fraction of sp³-hybridized carbons (Fsp3) is 0.424. The Hall–Kier alpha value is -4.15. The monoisotopic (exact) mass is 585 g/mol. The number of fused-ring (bicyclic) bond motifs is 3. The molecule has 2 aromatic carbocycles. The zero-order valence-electron chi connectivity index (χ0n) is 24.4. The number of aromatic hydroxyl groups is 1. The lowest BCUT2D eigenvalue weighted by Crippen LogP contribution is -2.74. The van der Waals surface area contributed by atoms with Crippen LogP contribution in [-0.4, -0.2) is 88.4 Å². The molecule has 4 aliphatic rings. The zero-order chi connectivity index (χ0) is 31.0. The van der Waals surface area contributed by atoms with Crippen LogP contribution in [0.1, 0.15) is 40.7 Å². The molecular weight excluding hydrogens is 550 g/mol. The number of amides is 1. The van der Waals surface area contributed by atoms with E-state index in [1.807, 2.05) is 24.3 Å². The van der Waals surface area contributed by atoms with Crippen molar-refractivity contribution >= 4 is 35.1 Å². The van der Waals surface area contributed by atoms with Crippen molar-refractivity contribution in [3.8, 4) is 16.9 Å². The van der Waals surface area contributed by atoms with E-state index in [4.69, 9.17) is 5.73 Å². The smallest absolute Gasteiger partial charge is 0.235 e. The normalized spacial score (nSPS) is 31.3. The maximum atomic E-state index is 14.0. The molecule has 1 amide bonds. The van der Waals surface area contributed by atoms with Gasteiger partial charge in [-0.25, -0.2) is 0 Å². The van der Waals surface area contributed by atoms with Gasteiger partial charge in [0.05, 0.1) is 17.5 Å². The van der Waals surface area contributed by atoms with E-state index in [-0.39, 0.29) is 24.2 Å². The van der Waals surface area contributed by atoms with Gasteiger partial charge in [-0.15, -0.1) is 0 Å². The summed E-state index contributed by atoms with van der Waals surface area (Å²) in [4.78, 5) is 70.5. The molecule has 4 N–H and O–H groups in total. The van der Waals surface area contributed by atoms with Crippen LogP contribution in [0.15, 0.2) is 42.1 Å². The van der Waals surface area contributed by atoms with Crippen molar-refractivity contribution in [2.75, 3.05) is 27.7 Å². The molecule has 1 heterocycles. The summed E-state index contributed by atoms with van der Waals surface area (Å²) in [5, 5.41) is 22.6. The van der Waals surface area contributed by atoms with Gasteiger partial charge in [0, 0.05) is 25.2 Å². The first-order valence-electron chi connectivity index (χ1n) is 14.6. The van der Waals surface area contributed by atoms with Gasteiger partial charge in [-0.05, 0) is 80.1 Å². The number of primary amides is 1. The predicted molar refractivity (Wildman–Crippen MR) is 157 cm³/mol. The number of Topliss-reactive ketones (excluding diaryl/α,β-unsaturated/α-hetero) is 4. The molecule has 43 heavy (non-hydrogen) atoms. The number of likely N-dealkylation sites (tertiary alicyclic amines) is 1. The second kappa shape index (κ2) is 10.2. The van der Waals surface area contributed by atoms with Gasteiger partial charge in [0.1, 0.15) is 5.75 Å². The van der Waals surface area contributed by atoms with Crippen LogP contribution in [0, 0.1) is 23.7 Å². The first-order chi connectivity index (χ1) is 20.4. The fourth-order valence-electron chi connectivity index (χ4n) is 7.84. The van der Waals surface area contributed by atoms with Crippen molar-refractivity contribution in [2.45, 2.75) is 37.3 Å². The molecule has 6 atom stereocenters. The molecule has 10 heteroatoms. The Balaban J connectivity index is 1.41. The Morgan fingerprint density at radius 1 is 1.07 bits per heavy atom. The summed E-state index contributed by atoms with van der Waals surface area (Å²) in [6.07, 6.45) is 4.53. The molecule has 2 saturated carbocycles. The van der Waals surface area contributed by atoms with Crippen molar-refractivity contribution in [3.63, 3.8) is 0 Å². The summed E-state index contributed by atoms with van der Waals surface area (Å²) >= 11 is 0. The largest absolute Gasteiger partial charge is 0.507 e. The van der Waals surface area contributed by atoms with E-state index in [2.05, 4.69) is 18.0 Å². The van der Waals surface area contributed by atoms with Gasteiger partial charge < -0.3 is 20.8 Å². The first-order valence-corrected chi connectivity index (χ1v) is 14.6. The topological polar surface area (TPSA) is 158 Å². The second-order valence-electron chi connectivity index (χ2n) is 12.6. The number of carbonyl (C=O) groups is 5. The molecule has 3 aliphatic carbocycles. The SMILES string of the molecule is CN1CCCC1=Cc1ccc(-c2ccc(O)c3c2C[C@H]2C[C@H]4[C@@H](N(C)C)C(=O)C(C(N)=O)C(=O)[C@@]4(O)C(=O)C2C3=O)cc1. The van der Waals surface area contributed by atoms with Crippen LogP contribution in [0.4, 0.5) is 0 Å². The van der Waals surface area contributed by atoms with Crippen molar-refractivity contribution in [3.05, 3.63) is 58.8 Å². The van der Waals surface area contributed by atoms with Crippen LogP contribution in [0.3, 0.4) is 0 Å². The zero-order valence-corrected chi connectivity index (χ0v) is 24.4. The molecule has 10 nitrogen and oxygen atoms in total. The van der Waals surface area contributed by atoms with E-state index in [0.29, 0.717) is 5.56 Å². The van der Waals surface area contributed by atoms with Crippen LogP contribution in [0.2, 0.25) is 0 Å². The number of hydrogen-bond donors (Lipinski definition) is 3. The number of likely N-dealkylation sites (N-methyl/N-ethyl adjacent to an activating group) is 1. The molecular formula is C33H35N3O7. The molecule has 1 saturated heterocycles. The lowest BCUT2D eigenvalue weighted by atomic mass is 9.52. The lowest BCUT2D eigenvalue weighted by Gasteiger charge is -2.52. The number of allylic oxidation sites excluding steroid dienone is 1. The third kappa shape index (κ3) is 4.26. The molecule has 2 unspecified atom stereocenters. The number of nitrogens with two attached hydrogens (primary N) is 1. The minimum atomic E-state index is -2.73. The summed E-state index contributed by atoms with van der Waals surface area (Å²) < 4.78 is 0. The molecule has 0 bridgehead atoms. The highest BCUT2D eigenvalue weighted by Crippen LogP contribution is 2.51. The van der Waals surface area contributed by atoms with Crippen molar-refractivity contribution in [1.29, 1.82) is 0 Å². The van der Waals surface area contributed by atoms with Gasteiger partial charge in [-0.2, -0.15) is 0 Å². The summed E-state index contributed by atoms with van der Waals surface area (Å²) in [7, 11) is 5.21. The van der Waals surface area contributed by atoms with E-state index in [1.54, 1.807) is 20.2 Å². The Kier molecular flexibility index (Phi) is 6.89. The molecule has 224 valence electrons. The van der Waals surface area contributed by atoms with E-state index in [1.165, 1.54) is 16.7 Å². The third-order valence-electron chi connectivity index (χ3n) is 9.92. The van der Waals surface area contributed by atoms with Crippen LogP contribution in [-0.2, 0) is 25.6 Å². The minimum Gasteiger partial charge on any atom is -0.507 e. The number of benzene rings is 2. The minimum absolute atomic E-state index is 0.0112. The average molecular weight is 586 g/mol. The average Bonchev–Trinajstić information content (AvgIpc) is 3.35. The summed E-state index contributed by atoms with van der Waals surface area (Å²) in [5.74, 6) is -10.5. The summed E-state index contributed by atoms with van der Waals surface area (Å²) in [5.41, 5.74) is 7.10. The van der Waals surface area contributed by atoms with Gasteiger partial charge in [0.15, 0.2) is 34.7 Å². The van der Waals surface area contributed by atoms with E-state index in [9.17, 15) is 34.2 Å². The van der Waals surface area contributed by atoms with Crippen LogP contribution in [0.5, 0.6) is 5.75 Å². The number of rotatable bonds is 4.